The fourth-order valence-electron chi connectivity index (χ4n) is 2.27. The Balaban J connectivity index is 2.14. The predicted molar refractivity (Wildman–Crippen MR) is 72.5 cm³/mol. The number of nitrogens with zero attached hydrogens (tertiary/aromatic N) is 1. The Bertz CT molecular complexity index is 515. The molecule has 1 N–H and O–H groups in total. The summed E-state index contributed by atoms with van der Waals surface area (Å²) in [6, 6.07) is 5.17. The van der Waals surface area contributed by atoms with E-state index in [1.54, 1.807) is 23.1 Å². The van der Waals surface area contributed by atoms with Crippen LogP contribution in [-0.4, -0.2) is 35.0 Å². The minimum absolute atomic E-state index is 0.146. The van der Waals surface area contributed by atoms with Crippen LogP contribution in [0.25, 0.3) is 0 Å². The molecule has 102 valence electrons. The maximum absolute atomic E-state index is 12.3. The van der Waals surface area contributed by atoms with Crippen LogP contribution in [0, 0.1) is 12.8 Å². The van der Waals surface area contributed by atoms with Crippen molar-refractivity contribution >= 4 is 23.5 Å². The number of carbonyl (C=O) groups excluding carboxylic acids is 1. The van der Waals surface area contributed by atoms with Gasteiger partial charge < -0.3 is 10.0 Å². The molecule has 1 aliphatic rings. The topological polar surface area (TPSA) is 57.6 Å². The van der Waals surface area contributed by atoms with Crippen LogP contribution in [0.3, 0.4) is 0 Å². The van der Waals surface area contributed by atoms with Crippen LogP contribution in [0.4, 0.5) is 0 Å². The smallest absolute Gasteiger partial charge is 0.308 e. The van der Waals surface area contributed by atoms with E-state index in [4.69, 9.17) is 16.7 Å². The Kier molecular flexibility index (Phi) is 4.10. The molecular weight excluding hydrogens is 266 g/mol. The molecule has 1 heterocycles. The number of rotatable bonds is 2. The normalized spacial score (nSPS) is 19.3. The minimum Gasteiger partial charge on any atom is -0.481 e. The van der Waals surface area contributed by atoms with Gasteiger partial charge in [0.25, 0.3) is 5.91 Å². The van der Waals surface area contributed by atoms with Gasteiger partial charge in [-0.2, -0.15) is 0 Å². The summed E-state index contributed by atoms with van der Waals surface area (Å²) in [5.74, 6) is -1.44. The molecule has 1 aromatic carbocycles. The second kappa shape index (κ2) is 5.61. The first-order chi connectivity index (χ1) is 8.99. The maximum atomic E-state index is 12.3. The van der Waals surface area contributed by atoms with Crippen LogP contribution in [0.2, 0.25) is 5.02 Å². The molecule has 1 saturated heterocycles. The number of amides is 1. The van der Waals surface area contributed by atoms with Crippen molar-refractivity contribution in [3.05, 3.63) is 34.3 Å². The first kappa shape index (κ1) is 13.9. The molecule has 0 aliphatic carbocycles. The zero-order valence-electron chi connectivity index (χ0n) is 10.7. The molecule has 5 heteroatoms. The number of likely N-dealkylation sites (tertiary alicyclic amines) is 1. The molecule has 19 heavy (non-hydrogen) atoms. The third kappa shape index (κ3) is 3.07. The molecule has 1 aliphatic heterocycles. The van der Waals surface area contributed by atoms with Crippen molar-refractivity contribution in [2.75, 3.05) is 13.1 Å². The van der Waals surface area contributed by atoms with Gasteiger partial charge in [0.1, 0.15) is 0 Å². The Hall–Kier alpha value is -1.55. The highest BCUT2D eigenvalue weighted by molar-refractivity contribution is 6.31. The monoisotopic (exact) mass is 281 g/mol. The van der Waals surface area contributed by atoms with E-state index >= 15 is 0 Å². The standard InChI is InChI=1S/C14H16ClNO3/c1-9-4-5-10(7-12(9)15)13(17)16-6-2-3-11(8-16)14(18)19/h4-5,7,11H,2-3,6,8H2,1H3,(H,18,19). The van der Waals surface area contributed by atoms with E-state index in [0.717, 1.165) is 12.0 Å². The molecule has 4 nitrogen and oxygen atoms in total. The van der Waals surface area contributed by atoms with Gasteiger partial charge in [0.05, 0.1) is 5.92 Å². The molecule has 2 rings (SSSR count). The molecule has 1 unspecified atom stereocenters. The summed E-state index contributed by atoms with van der Waals surface area (Å²) < 4.78 is 0. The van der Waals surface area contributed by atoms with Gasteiger partial charge in [-0.3, -0.25) is 9.59 Å². The average Bonchev–Trinajstić information content (AvgIpc) is 2.41. The van der Waals surface area contributed by atoms with E-state index in [2.05, 4.69) is 0 Å². The molecule has 0 saturated carbocycles. The zero-order chi connectivity index (χ0) is 14.0. The molecule has 0 radical (unpaired) electrons. The molecule has 1 aromatic rings. The molecule has 0 aromatic heterocycles. The minimum atomic E-state index is -0.834. The summed E-state index contributed by atoms with van der Waals surface area (Å²) in [5, 5.41) is 9.58. The lowest BCUT2D eigenvalue weighted by Gasteiger charge is -2.30. The lowest BCUT2D eigenvalue weighted by atomic mass is 9.97. The zero-order valence-corrected chi connectivity index (χ0v) is 11.5. The van der Waals surface area contributed by atoms with Crippen LogP contribution >= 0.6 is 11.6 Å². The van der Waals surface area contributed by atoms with Crippen molar-refractivity contribution in [2.24, 2.45) is 5.92 Å². The van der Waals surface area contributed by atoms with E-state index < -0.39 is 11.9 Å². The summed E-state index contributed by atoms with van der Waals surface area (Å²) in [5.41, 5.74) is 1.43. The van der Waals surface area contributed by atoms with Gasteiger partial charge >= 0.3 is 5.97 Å². The van der Waals surface area contributed by atoms with Crippen LogP contribution in [0.5, 0.6) is 0 Å². The number of halogens is 1. The number of aryl methyl sites for hydroxylation is 1. The average molecular weight is 282 g/mol. The predicted octanol–water partition coefficient (Wildman–Crippen LogP) is 2.59. The maximum Gasteiger partial charge on any atom is 0.308 e. The van der Waals surface area contributed by atoms with Crippen LogP contribution < -0.4 is 0 Å². The van der Waals surface area contributed by atoms with Crippen molar-refractivity contribution < 1.29 is 14.7 Å². The second-order valence-electron chi connectivity index (χ2n) is 4.89. The number of carboxylic acids is 1. The fourth-order valence-corrected chi connectivity index (χ4v) is 2.45. The van der Waals surface area contributed by atoms with Crippen molar-refractivity contribution in [2.45, 2.75) is 19.8 Å². The largest absolute Gasteiger partial charge is 0.481 e. The van der Waals surface area contributed by atoms with E-state index in [1.165, 1.54) is 0 Å². The Labute approximate surface area is 117 Å². The van der Waals surface area contributed by atoms with E-state index in [9.17, 15) is 9.59 Å². The van der Waals surface area contributed by atoms with Gasteiger partial charge in [-0.15, -0.1) is 0 Å². The van der Waals surface area contributed by atoms with Crippen molar-refractivity contribution in [3.8, 4) is 0 Å². The number of carboxylic acid groups (broad SMARTS) is 1. The number of benzene rings is 1. The van der Waals surface area contributed by atoms with Crippen molar-refractivity contribution in [1.29, 1.82) is 0 Å². The van der Waals surface area contributed by atoms with Crippen LogP contribution in [0.1, 0.15) is 28.8 Å². The fraction of sp³-hybridized carbons (Fsp3) is 0.429. The highest BCUT2D eigenvalue weighted by Gasteiger charge is 2.28. The lowest BCUT2D eigenvalue weighted by Crippen LogP contribution is -2.42. The van der Waals surface area contributed by atoms with E-state index in [-0.39, 0.29) is 12.5 Å². The SMILES string of the molecule is Cc1ccc(C(=O)N2CCCC(C(=O)O)C2)cc1Cl. The summed E-state index contributed by atoms with van der Waals surface area (Å²) >= 11 is 6.01. The van der Waals surface area contributed by atoms with E-state index in [0.29, 0.717) is 23.6 Å². The Morgan fingerprint density at radius 1 is 1.42 bits per heavy atom. The highest BCUT2D eigenvalue weighted by atomic mass is 35.5. The molecule has 1 fully saturated rings. The quantitative estimate of drug-likeness (QED) is 0.906. The third-order valence-electron chi connectivity index (χ3n) is 3.48. The van der Waals surface area contributed by atoms with Gasteiger partial charge in [0.2, 0.25) is 0 Å². The molecule has 1 amide bonds. The third-order valence-corrected chi connectivity index (χ3v) is 3.88. The van der Waals surface area contributed by atoms with Gasteiger partial charge in [0.15, 0.2) is 0 Å². The number of aliphatic carboxylic acids is 1. The first-order valence-electron chi connectivity index (χ1n) is 6.27. The Morgan fingerprint density at radius 2 is 2.16 bits per heavy atom. The Morgan fingerprint density at radius 3 is 2.79 bits per heavy atom. The summed E-state index contributed by atoms with van der Waals surface area (Å²) in [6.45, 7) is 2.76. The summed E-state index contributed by atoms with van der Waals surface area (Å²) in [6.07, 6.45) is 1.36. The van der Waals surface area contributed by atoms with E-state index in [1.807, 2.05) is 6.92 Å². The van der Waals surface area contributed by atoms with Gasteiger partial charge in [-0.1, -0.05) is 17.7 Å². The summed E-state index contributed by atoms with van der Waals surface area (Å²) in [7, 11) is 0. The van der Waals surface area contributed by atoms with Crippen molar-refractivity contribution in [1.82, 2.24) is 4.90 Å². The highest BCUT2D eigenvalue weighted by Crippen LogP contribution is 2.21. The second-order valence-corrected chi connectivity index (χ2v) is 5.30. The molecule has 1 atom stereocenters. The first-order valence-corrected chi connectivity index (χ1v) is 6.65. The van der Waals surface area contributed by atoms with Gasteiger partial charge in [-0.25, -0.2) is 0 Å². The molecule has 0 spiro atoms. The number of hydrogen-bond acceptors (Lipinski definition) is 2. The summed E-state index contributed by atoms with van der Waals surface area (Å²) in [4.78, 5) is 24.9. The van der Waals surface area contributed by atoms with Gasteiger partial charge in [-0.05, 0) is 37.5 Å². The molecule has 0 bridgehead atoms. The lowest BCUT2D eigenvalue weighted by molar-refractivity contribution is -0.143. The van der Waals surface area contributed by atoms with Crippen LogP contribution in [0.15, 0.2) is 18.2 Å². The number of carbonyl (C=O) groups is 2. The van der Waals surface area contributed by atoms with Crippen molar-refractivity contribution in [3.63, 3.8) is 0 Å². The van der Waals surface area contributed by atoms with Gasteiger partial charge in [0, 0.05) is 23.7 Å². The number of piperidine rings is 1. The molecular formula is C14H16ClNO3. The number of hydrogen-bond donors (Lipinski definition) is 1. The van der Waals surface area contributed by atoms with Crippen LogP contribution in [-0.2, 0) is 4.79 Å².